The van der Waals surface area contributed by atoms with E-state index in [0.29, 0.717) is 11.8 Å². The first-order valence-electron chi connectivity index (χ1n) is 7.00. The third kappa shape index (κ3) is 2.78. The van der Waals surface area contributed by atoms with Crippen LogP contribution in [0.1, 0.15) is 36.3 Å². The molecule has 3 nitrogen and oxygen atoms in total. The zero-order chi connectivity index (χ0) is 13.9. The second-order valence-corrected chi connectivity index (χ2v) is 5.50. The van der Waals surface area contributed by atoms with Crippen LogP contribution in [0.4, 0.5) is 0 Å². The van der Waals surface area contributed by atoms with Crippen LogP contribution in [0.2, 0.25) is 5.15 Å². The Labute approximate surface area is 124 Å². The SMILES string of the molecule is CCCc1cc(Cl)nc(C2COc3ccccc3C2)n1. The normalized spacial score (nSPS) is 17.4. The Morgan fingerprint density at radius 3 is 3.00 bits per heavy atom. The molecule has 0 fully saturated rings. The lowest BCUT2D eigenvalue weighted by molar-refractivity contribution is 0.257. The summed E-state index contributed by atoms with van der Waals surface area (Å²) < 4.78 is 5.81. The first kappa shape index (κ1) is 13.4. The number of nitrogens with zero attached hydrogens (tertiary/aromatic N) is 2. The van der Waals surface area contributed by atoms with Crippen LogP contribution >= 0.6 is 11.6 Å². The van der Waals surface area contributed by atoms with Gasteiger partial charge in [-0.1, -0.05) is 43.1 Å². The maximum Gasteiger partial charge on any atom is 0.137 e. The monoisotopic (exact) mass is 288 g/mol. The van der Waals surface area contributed by atoms with E-state index in [1.54, 1.807) is 0 Å². The van der Waals surface area contributed by atoms with Crippen molar-refractivity contribution in [2.75, 3.05) is 6.61 Å². The van der Waals surface area contributed by atoms with Crippen LogP contribution in [0.25, 0.3) is 0 Å². The number of rotatable bonds is 3. The number of hydrogen-bond acceptors (Lipinski definition) is 3. The van der Waals surface area contributed by atoms with Gasteiger partial charge in [-0.05, 0) is 30.5 Å². The third-order valence-corrected chi connectivity index (χ3v) is 3.71. The minimum Gasteiger partial charge on any atom is -0.493 e. The van der Waals surface area contributed by atoms with Gasteiger partial charge in [0.05, 0.1) is 12.5 Å². The van der Waals surface area contributed by atoms with E-state index < -0.39 is 0 Å². The number of hydrogen-bond donors (Lipinski definition) is 0. The molecule has 4 heteroatoms. The van der Waals surface area contributed by atoms with Crippen molar-refractivity contribution in [2.45, 2.75) is 32.1 Å². The number of fused-ring (bicyclic) bond motifs is 1. The highest BCUT2D eigenvalue weighted by Gasteiger charge is 2.23. The fourth-order valence-corrected chi connectivity index (χ4v) is 2.76. The lowest BCUT2D eigenvalue weighted by Crippen LogP contribution is -2.21. The van der Waals surface area contributed by atoms with E-state index in [-0.39, 0.29) is 5.92 Å². The van der Waals surface area contributed by atoms with Gasteiger partial charge >= 0.3 is 0 Å². The molecule has 3 rings (SSSR count). The zero-order valence-electron chi connectivity index (χ0n) is 11.5. The van der Waals surface area contributed by atoms with Crippen LogP contribution in [0, 0.1) is 0 Å². The molecule has 1 atom stereocenters. The summed E-state index contributed by atoms with van der Waals surface area (Å²) >= 11 is 6.11. The lowest BCUT2D eigenvalue weighted by atomic mass is 9.96. The summed E-state index contributed by atoms with van der Waals surface area (Å²) in [5.41, 5.74) is 2.23. The number of aromatic nitrogens is 2. The quantitative estimate of drug-likeness (QED) is 0.806. The van der Waals surface area contributed by atoms with Crippen molar-refractivity contribution in [2.24, 2.45) is 0 Å². The van der Waals surface area contributed by atoms with E-state index in [0.717, 1.165) is 36.5 Å². The highest BCUT2D eigenvalue weighted by Crippen LogP contribution is 2.31. The molecule has 1 aliphatic rings. The van der Waals surface area contributed by atoms with Gasteiger partial charge in [0.15, 0.2) is 0 Å². The highest BCUT2D eigenvalue weighted by molar-refractivity contribution is 6.29. The molecule has 0 aliphatic carbocycles. The summed E-state index contributed by atoms with van der Waals surface area (Å²) in [5, 5.41) is 0.525. The third-order valence-electron chi connectivity index (χ3n) is 3.52. The van der Waals surface area contributed by atoms with Gasteiger partial charge in [-0.15, -0.1) is 0 Å². The van der Waals surface area contributed by atoms with Crippen LogP contribution < -0.4 is 4.74 Å². The molecule has 1 unspecified atom stereocenters. The van der Waals surface area contributed by atoms with Gasteiger partial charge in [0.2, 0.25) is 0 Å². The Balaban J connectivity index is 1.87. The summed E-state index contributed by atoms with van der Waals surface area (Å²) in [4.78, 5) is 9.03. The molecule has 1 aliphatic heterocycles. The molecule has 0 radical (unpaired) electrons. The van der Waals surface area contributed by atoms with Gasteiger partial charge in [-0.3, -0.25) is 0 Å². The van der Waals surface area contributed by atoms with Crippen LogP contribution in [0.15, 0.2) is 30.3 Å². The van der Waals surface area contributed by atoms with Crippen LogP contribution in [0.5, 0.6) is 5.75 Å². The molecule has 0 spiro atoms. The molecule has 0 N–H and O–H groups in total. The van der Waals surface area contributed by atoms with Gasteiger partial charge in [0.25, 0.3) is 0 Å². The Morgan fingerprint density at radius 2 is 2.15 bits per heavy atom. The average Bonchev–Trinajstić information content (AvgIpc) is 2.46. The van der Waals surface area contributed by atoms with E-state index in [1.165, 1.54) is 5.56 Å². The Hall–Kier alpha value is -1.61. The number of ether oxygens (including phenoxy) is 1. The second kappa shape index (κ2) is 5.80. The number of halogens is 1. The van der Waals surface area contributed by atoms with Crippen LogP contribution in [-0.2, 0) is 12.8 Å². The van der Waals surface area contributed by atoms with E-state index in [1.807, 2.05) is 24.3 Å². The Bertz CT molecular complexity index is 615. The summed E-state index contributed by atoms with van der Waals surface area (Å²) in [7, 11) is 0. The van der Waals surface area contributed by atoms with Crippen molar-refractivity contribution in [3.05, 3.63) is 52.6 Å². The van der Waals surface area contributed by atoms with Crippen LogP contribution in [0.3, 0.4) is 0 Å². The molecule has 0 saturated heterocycles. The summed E-state index contributed by atoms with van der Waals surface area (Å²) in [5.74, 6) is 1.95. The van der Waals surface area contributed by atoms with Crippen molar-refractivity contribution in [3.8, 4) is 5.75 Å². The first-order valence-corrected chi connectivity index (χ1v) is 7.38. The Kier molecular flexibility index (Phi) is 3.88. The van der Waals surface area contributed by atoms with E-state index in [2.05, 4.69) is 23.0 Å². The van der Waals surface area contributed by atoms with Gasteiger partial charge in [0.1, 0.15) is 16.7 Å². The van der Waals surface area contributed by atoms with Crippen LogP contribution in [-0.4, -0.2) is 16.6 Å². The molecule has 0 bridgehead atoms. The predicted molar refractivity (Wildman–Crippen MR) is 79.4 cm³/mol. The molecule has 2 heterocycles. The molecular weight excluding hydrogens is 272 g/mol. The standard InChI is InChI=1S/C16H17ClN2O/c1-2-5-13-9-15(17)19-16(18-13)12-8-11-6-3-4-7-14(11)20-10-12/h3-4,6-7,9,12H,2,5,8,10H2,1H3. The fourth-order valence-electron chi connectivity index (χ4n) is 2.54. The largest absolute Gasteiger partial charge is 0.493 e. The number of aryl methyl sites for hydroxylation is 1. The van der Waals surface area contributed by atoms with Gasteiger partial charge < -0.3 is 4.74 Å². The highest BCUT2D eigenvalue weighted by atomic mass is 35.5. The Morgan fingerprint density at radius 1 is 1.30 bits per heavy atom. The molecule has 1 aromatic carbocycles. The van der Waals surface area contributed by atoms with E-state index in [9.17, 15) is 0 Å². The average molecular weight is 289 g/mol. The van der Waals surface area contributed by atoms with Crippen molar-refractivity contribution in [3.63, 3.8) is 0 Å². The predicted octanol–water partition coefficient (Wildman–Crippen LogP) is 3.80. The summed E-state index contributed by atoms with van der Waals surface area (Å²) in [6.45, 7) is 2.75. The molecule has 20 heavy (non-hydrogen) atoms. The fraction of sp³-hybridized carbons (Fsp3) is 0.375. The second-order valence-electron chi connectivity index (χ2n) is 5.11. The smallest absolute Gasteiger partial charge is 0.137 e. The van der Waals surface area contributed by atoms with Gasteiger partial charge in [-0.2, -0.15) is 0 Å². The van der Waals surface area contributed by atoms with Crippen molar-refractivity contribution in [1.82, 2.24) is 9.97 Å². The van der Waals surface area contributed by atoms with E-state index >= 15 is 0 Å². The molecule has 2 aromatic rings. The molecule has 0 amide bonds. The summed E-state index contributed by atoms with van der Waals surface area (Å²) in [6, 6.07) is 9.98. The molecule has 104 valence electrons. The van der Waals surface area contributed by atoms with Crippen molar-refractivity contribution >= 4 is 11.6 Å². The topological polar surface area (TPSA) is 35.0 Å². The zero-order valence-corrected chi connectivity index (χ0v) is 12.2. The minimum atomic E-state index is 0.180. The van der Waals surface area contributed by atoms with Crippen molar-refractivity contribution < 1.29 is 4.74 Å². The maximum absolute atomic E-state index is 6.11. The number of benzene rings is 1. The first-order chi connectivity index (χ1) is 9.76. The summed E-state index contributed by atoms with van der Waals surface area (Å²) in [6.07, 6.45) is 2.89. The molecular formula is C16H17ClN2O. The lowest BCUT2D eigenvalue weighted by Gasteiger charge is -2.24. The van der Waals surface area contributed by atoms with Gasteiger partial charge in [0, 0.05) is 5.69 Å². The van der Waals surface area contributed by atoms with Crippen molar-refractivity contribution in [1.29, 1.82) is 0 Å². The maximum atomic E-state index is 6.11. The minimum absolute atomic E-state index is 0.180. The van der Waals surface area contributed by atoms with E-state index in [4.69, 9.17) is 16.3 Å². The molecule has 1 aromatic heterocycles. The molecule has 0 saturated carbocycles. The number of para-hydroxylation sites is 1. The van der Waals surface area contributed by atoms with Gasteiger partial charge in [-0.25, -0.2) is 9.97 Å².